The van der Waals surface area contributed by atoms with E-state index >= 15 is 0 Å². The van der Waals surface area contributed by atoms with E-state index in [9.17, 15) is 19.4 Å². The van der Waals surface area contributed by atoms with Gasteiger partial charge in [0.1, 0.15) is 11.6 Å². The van der Waals surface area contributed by atoms with Crippen LogP contribution in [0.25, 0.3) is 0 Å². The molecule has 1 aromatic rings. The number of hydrogen-bond donors (Lipinski definition) is 2. The number of hydrogen-bond acceptors (Lipinski definition) is 2. The Hall–Kier alpha value is -1.58. The molecular formula is C12H13FO3. The van der Waals surface area contributed by atoms with E-state index in [1.54, 1.807) is 0 Å². The Morgan fingerprint density at radius 2 is 2.06 bits per heavy atom. The molecular weight excluding hydrogens is 211 g/mol. The number of aromatic hydroxyl groups is 1. The molecule has 0 atom stereocenters. The predicted molar refractivity (Wildman–Crippen MR) is 56.0 cm³/mol. The van der Waals surface area contributed by atoms with Crippen LogP contribution >= 0.6 is 0 Å². The summed E-state index contributed by atoms with van der Waals surface area (Å²) in [5.74, 6) is -1.67. The summed E-state index contributed by atoms with van der Waals surface area (Å²) in [6.45, 7) is 1.46. The fourth-order valence-electron chi connectivity index (χ4n) is 2.10. The largest absolute Gasteiger partial charge is 0.508 e. The van der Waals surface area contributed by atoms with Gasteiger partial charge in [-0.3, -0.25) is 4.79 Å². The van der Waals surface area contributed by atoms with Gasteiger partial charge in [-0.1, -0.05) is 6.42 Å². The van der Waals surface area contributed by atoms with Crippen molar-refractivity contribution in [1.29, 1.82) is 0 Å². The van der Waals surface area contributed by atoms with Crippen LogP contribution in [-0.4, -0.2) is 16.2 Å². The molecule has 0 spiro atoms. The standard InChI is InChI=1S/C12H13FO3/c1-7-9(13)5-8(6-10(7)14)12(11(15)16)3-2-4-12/h5-6,14H,2-4H2,1H3,(H,15,16). The van der Waals surface area contributed by atoms with E-state index in [2.05, 4.69) is 0 Å². The van der Waals surface area contributed by atoms with Crippen LogP contribution < -0.4 is 0 Å². The van der Waals surface area contributed by atoms with E-state index in [0.717, 1.165) is 6.42 Å². The maximum absolute atomic E-state index is 13.4. The van der Waals surface area contributed by atoms with E-state index in [1.807, 2.05) is 0 Å². The zero-order valence-corrected chi connectivity index (χ0v) is 8.96. The molecule has 86 valence electrons. The minimum absolute atomic E-state index is 0.156. The van der Waals surface area contributed by atoms with Gasteiger partial charge in [0, 0.05) is 5.56 Å². The number of aliphatic carboxylic acids is 1. The number of carbonyl (C=O) groups is 1. The fourth-order valence-corrected chi connectivity index (χ4v) is 2.10. The Kier molecular flexibility index (Phi) is 2.37. The molecule has 1 aliphatic rings. The highest BCUT2D eigenvalue weighted by molar-refractivity contribution is 5.82. The zero-order valence-electron chi connectivity index (χ0n) is 8.96. The number of phenolic OH excluding ortho intramolecular Hbond substituents is 1. The third-order valence-corrected chi connectivity index (χ3v) is 3.49. The van der Waals surface area contributed by atoms with Crippen molar-refractivity contribution in [3.05, 3.63) is 29.1 Å². The molecule has 1 saturated carbocycles. The summed E-state index contributed by atoms with van der Waals surface area (Å²) in [6.07, 6.45) is 1.83. The van der Waals surface area contributed by atoms with Crippen LogP contribution in [0.15, 0.2) is 12.1 Å². The van der Waals surface area contributed by atoms with Crippen molar-refractivity contribution >= 4 is 5.97 Å². The van der Waals surface area contributed by atoms with Gasteiger partial charge < -0.3 is 10.2 Å². The first-order valence-corrected chi connectivity index (χ1v) is 5.20. The minimum Gasteiger partial charge on any atom is -0.508 e. The van der Waals surface area contributed by atoms with Gasteiger partial charge in [-0.2, -0.15) is 0 Å². The lowest BCUT2D eigenvalue weighted by atomic mass is 9.64. The van der Waals surface area contributed by atoms with Gasteiger partial charge >= 0.3 is 5.97 Å². The quantitative estimate of drug-likeness (QED) is 0.810. The van der Waals surface area contributed by atoms with Gasteiger partial charge in [0.2, 0.25) is 0 Å². The average molecular weight is 224 g/mol. The molecule has 0 aromatic heterocycles. The van der Waals surface area contributed by atoms with Crippen LogP contribution in [0.1, 0.15) is 30.4 Å². The summed E-state index contributed by atoms with van der Waals surface area (Å²) in [5.41, 5.74) is -0.470. The van der Waals surface area contributed by atoms with Gasteiger partial charge in [-0.15, -0.1) is 0 Å². The van der Waals surface area contributed by atoms with Gasteiger partial charge in [0.05, 0.1) is 5.41 Å². The number of carboxylic acids is 1. The van der Waals surface area contributed by atoms with Crippen LogP contribution in [0.5, 0.6) is 5.75 Å². The summed E-state index contributed by atoms with van der Waals surface area (Å²) in [4.78, 5) is 11.2. The van der Waals surface area contributed by atoms with Crippen molar-refractivity contribution in [3.63, 3.8) is 0 Å². The van der Waals surface area contributed by atoms with Gasteiger partial charge in [0.15, 0.2) is 0 Å². The normalized spacial score (nSPS) is 17.9. The molecule has 16 heavy (non-hydrogen) atoms. The van der Waals surface area contributed by atoms with Crippen molar-refractivity contribution in [2.75, 3.05) is 0 Å². The average Bonchev–Trinajstić information content (AvgIpc) is 2.11. The van der Waals surface area contributed by atoms with E-state index in [-0.39, 0.29) is 11.3 Å². The number of benzene rings is 1. The molecule has 0 unspecified atom stereocenters. The monoisotopic (exact) mass is 224 g/mol. The lowest BCUT2D eigenvalue weighted by Gasteiger charge is -2.38. The van der Waals surface area contributed by atoms with Crippen LogP contribution in [0.2, 0.25) is 0 Å². The Bertz CT molecular complexity index is 427. The lowest BCUT2D eigenvalue weighted by Crippen LogP contribution is -2.42. The summed E-state index contributed by atoms with van der Waals surface area (Å²) in [7, 11) is 0. The third-order valence-electron chi connectivity index (χ3n) is 3.49. The van der Waals surface area contributed by atoms with Crippen molar-refractivity contribution in [2.45, 2.75) is 31.6 Å². The van der Waals surface area contributed by atoms with Gasteiger partial charge in [-0.05, 0) is 37.5 Å². The smallest absolute Gasteiger partial charge is 0.314 e. The number of phenols is 1. The Morgan fingerprint density at radius 3 is 2.44 bits per heavy atom. The number of halogens is 1. The van der Waals surface area contributed by atoms with Crippen molar-refractivity contribution in [2.24, 2.45) is 0 Å². The first-order valence-electron chi connectivity index (χ1n) is 5.20. The second kappa shape index (κ2) is 3.47. The van der Waals surface area contributed by atoms with Crippen molar-refractivity contribution < 1.29 is 19.4 Å². The van der Waals surface area contributed by atoms with Crippen LogP contribution in [0, 0.1) is 12.7 Å². The van der Waals surface area contributed by atoms with Crippen LogP contribution in [0.4, 0.5) is 4.39 Å². The number of carboxylic acid groups (broad SMARTS) is 1. The molecule has 0 amide bonds. The molecule has 1 fully saturated rings. The van der Waals surface area contributed by atoms with Gasteiger partial charge in [-0.25, -0.2) is 4.39 Å². The lowest BCUT2D eigenvalue weighted by molar-refractivity contribution is -0.147. The number of rotatable bonds is 2. The summed E-state index contributed by atoms with van der Waals surface area (Å²) < 4.78 is 13.4. The molecule has 0 heterocycles. The van der Waals surface area contributed by atoms with E-state index in [1.165, 1.54) is 19.1 Å². The van der Waals surface area contributed by atoms with Crippen molar-refractivity contribution in [3.8, 4) is 5.75 Å². The van der Waals surface area contributed by atoms with E-state index < -0.39 is 17.2 Å². The maximum Gasteiger partial charge on any atom is 0.314 e. The second-order valence-corrected chi connectivity index (χ2v) is 4.34. The SMILES string of the molecule is Cc1c(O)cc(C2(C(=O)O)CCC2)cc1F. The minimum atomic E-state index is -0.994. The van der Waals surface area contributed by atoms with Crippen LogP contribution in [0.3, 0.4) is 0 Å². The molecule has 1 aromatic carbocycles. The Morgan fingerprint density at radius 1 is 1.44 bits per heavy atom. The first-order chi connectivity index (χ1) is 7.47. The van der Waals surface area contributed by atoms with Crippen LogP contribution in [-0.2, 0) is 10.2 Å². The molecule has 2 N–H and O–H groups in total. The first kappa shape index (κ1) is 10.9. The molecule has 3 nitrogen and oxygen atoms in total. The molecule has 0 radical (unpaired) electrons. The third kappa shape index (κ3) is 1.37. The van der Waals surface area contributed by atoms with E-state index in [0.29, 0.717) is 18.4 Å². The van der Waals surface area contributed by atoms with E-state index in [4.69, 9.17) is 0 Å². The molecule has 0 aliphatic heterocycles. The molecule has 0 saturated heterocycles. The zero-order chi connectivity index (χ0) is 11.9. The maximum atomic E-state index is 13.4. The molecule has 1 aliphatic carbocycles. The fraction of sp³-hybridized carbons (Fsp3) is 0.417. The summed E-state index contributed by atoms with van der Waals surface area (Å²) in [6, 6.07) is 2.59. The second-order valence-electron chi connectivity index (χ2n) is 4.34. The summed E-state index contributed by atoms with van der Waals surface area (Å²) >= 11 is 0. The molecule has 4 heteroatoms. The highest BCUT2D eigenvalue weighted by atomic mass is 19.1. The van der Waals surface area contributed by atoms with Crippen molar-refractivity contribution in [1.82, 2.24) is 0 Å². The van der Waals surface area contributed by atoms with Gasteiger partial charge in [0.25, 0.3) is 0 Å². The Labute approximate surface area is 92.5 Å². The topological polar surface area (TPSA) is 57.5 Å². The highest BCUT2D eigenvalue weighted by Crippen LogP contribution is 2.45. The highest BCUT2D eigenvalue weighted by Gasteiger charge is 2.46. The molecule has 0 bridgehead atoms. The summed E-state index contributed by atoms with van der Waals surface area (Å²) in [5, 5.41) is 18.7. The Balaban J connectivity index is 2.52. The predicted octanol–water partition coefficient (Wildman–Crippen LogP) is 2.35. The molecule has 2 rings (SSSR count).